The minimum atomic E-state index is -1.52. The summed E-state index contributed by atoms with van der Waals surface area (Å²) in [6, 6.07) is 2.11. The van der Waals surface area contributed by atoms with Crippen molar-refractivity contribution in [2.75, 3.05) is 6.54 Å². The monoisotopic (exact) mass is 467 g/mol. The van der Waals surface area contributed by atoms with Crippen LogP contribution in [0.15, 0.2) is 24.3 Å². The van der Waals surface area contributed by atoms with Crippen molar-refractivity contribution in [1.29, 1.82) is 0 Å². The van der Waals surface area contributed by atoms with E-state index in [1.165, 1.54) is 19.1 Å². The van der Waals surface area contributed by atoms with Crippen LogP contribution < -0.4 is 27.4 Å². The van der Waals surface area contributed by atoms with E-state index in [2.05, 4.69) is 16.0 Å². The van der Waals surface area contributed by atoms with Crippen LogP contribution in [0.5, 0.6) is 5.75 Å². The molecule has 13 heteroatoms. The maximum Gasteiger partial charge on any atom is 0.326 e. The van der Waals surface area contributed by atoms with Crippen LogP contribution in [-0.2, 0) is 30.4 Å². The highest BCUT2D eigenvalue weighted by atomic mass is 16.4. The molecule has 0 aromatic heterocycles. The first-order valence-electron chi connectivity index (χ1n) is 10.0. The number of carbonyl (C=O) groups excluding carboxylic acids is 4. The molecule has 0 saturated carbocycles. The van der Waals surface area contributed by atoms with E-state index in [0.717, 1.165) is 0 Å². The number of carboxylic acid groups (broad SMARTS) is 1. The Morgan fingerprint density at radius 3 is 2.15 bits per heavy atom. The molecule has 0 spiro atoms. The molecule has 1 rings (SSSR count). The number of carboxylic acids is 1. The normalized spacial score (nSPS) is 14.3. The van der Waals surface area contributed by atoms with Crippen molar-refractivity contribution < 1.29 is 39.3 Å². The summed E-state index contributed by atoms with van der Waals surface area (Å²) in [6.45, 7) is 0.651. The molecule has 33 heavy (non-hydrogen) atoms. The second kappa shape index (κ2) is 13.0. The zero-order valence-corrected chi connectivity index (χ0v) is 18.0. The van der Waals surface area contributed by atoms with Gasteiger partial charge in [0.05, 0.1) is 18.7 Å². The first kappa shape index (κ1) is 27.3. The average Bonchev–Trinajstić information content (AvgIpc) is 2.73. The van der Waals surface area contributed by atoms with Crippen molar-refractivity contribution in [2.45, 2.75) is 50.4 Å². The fourth-order valence-electron chi connectivity index (χ4n) is 2.71. The second-order valence-corrected chi connectivity index (χ2v) is 7.39. The fourth-order valence-corrected chi connectivity index (χ4v) is 2.71. The number of hydrogen-bond donors (Lipinski definition) is 8. The highest BCUT2D eigenvalue weighted by molar-refractivity contribution is 5.93. The van der Waals surface area contributed by atoms with Crippen molar-refractivity contribution in [1.82, 2.24) is 16.0 Å². The molecule has 4 amide bonds. The lowest BCUT2D eigenvalue weighted by Crippen LogP contribution is -2.57. The Bertz CT molecular complexity index is 859. The smallest absolute Gasteiger partial charge is 0.326 e. The van der Waals surface area contributed by atoms with Crippen LogP contribution in [0.25, 0.3) is 0 Å². The lowest BCUT2D eigenvalue weighted by atomic mass is 10.1. The van der Waals surface area contributed by atoms with E-state index in [1.807, 2.05) is 0 Å². The number of aliphatic hydroxyl groups excluding tert-OH is 1. The molecule has 1 aromatic rings. The molecular formula is C20H29N5O8. The van der Waals surface area contributed by atoms with E-state index in [-0.39, 0.29) is 25.0 Å². The van der Waals surface area contributed by atoms with Crippen LogP contribution in [-0.4, -0.2) is 75.7 Å². The molecule has 1 aromatic carbocycles. The molecule has 0 heterocycles. The predicted octanol–water partition coefficient (Wildman–Crippen LogP) is -2.92. The number of hydrogen-bond acceptors (Lipinski definition) is 8. The number of amides is 4. The number of primary amides is 1. The van der Waals surface area contributed by atoms with Crippen molar-refractivity contribution in [2.24, 2.45) is 11.5 Å². The van der Waals surface area contributed by atoms with Crippen LogP contribution in [0.4, 0.5) is 0 Å². The Morgan fingerprint density at radius 1 is 1.03 bits per heavy atom. The van der Waals surface area contributed by atoms with Crippen LogP contribution in [0, 0.1) is 0 Å². The third-order valence-corrected chi connectivity index (χ3v) is 4.53. The quantitative estimate of drug-likeness (QED) is 0.148. The van der Waals surface area contributed by atoms with Gasteiger partial charge in [-0.3, -0.25) is 19.2 Å². The predicted molar refractivity (Wildman–Crippen MR) is 114 cm³/mol. The first-order chi connectivity index (χ1) is 15.4. The van der Waals surface area contributed by atoms with Crippen molar-refractivity contribution in [3.05, 3.63) is 29.8 Å². The summed E-state index contributed by atoms with van der Waals surface area (Å²) in [5, 5.41) is 34.9. The Morgan fingerprint density at radius 2 is 1.64 bits per heavy atom. The summed E-state index contributed by atoms with van der Waals surface area (Å²) in [5.41, 5.74) is 11.5. The van der Waals surface area contributed by atoms with Crippen molar-refractivity contribution >= 4 is 29.6 Å². The Kier molecular flexibility index (Phi) is 10.7. The number of nitrogens with two attached hydrogens (primary N) is 2. The van der Waals surface area contributed by atoms with Gasteiger partial charge in [0.15, 0.2) is 0 Å². The van der Waals surface area contributed by atoms with Gasteiger partial charge in [-0.05, 0) is 37.5 Å². The summed E-state index contributed by atoms with van der Waals surface area (Å²) in [7, 11) is 0. The molecule has 182 valence electrons. The van der Waals surface area contributed by atoms with Gasteiger partial charge < -0.3 is 42.7 Å². The Hall–Kier alpha value is -3.71. The van der Waals surface area contributed by atoms with E-state index in [4.69, 9.17) is 16.6 Å². The number of nitrogens with one attached hydrogen (secondary N) is 3. The highest BCUT2D eigenvalue weighted by Gasteiger charge is 2.30. The van der Waals surface area contributed by atoms with Gasteiger partial charge >= 0.3 is 5.97 Å². The molecule has 0 aliphatic carbocycles. The number of carbonyl (C=O) groups is 5. The van der Waals surface area contributed by atoms with Gasteiger partial charge in [0.1, 0.15) is 17.8 Å². The van der Waals surface area contributed by atoms with Crippen LogP contribution >= 0.6 is 0 Å². The Balaban J connectivity index is 2.61. The molecule has 10 N–H and O–H groups in total. The summed E-state index contributed by atoms with van der Waals surface area (Å²) in [4.78, 5) is 58.8. The molecule has 0 saturated heterocycles. The minimum Gasteiger partial charge on any atom is -0.508 e. The number of phenolic OH excluding ortho intramolecular Hbond substituents is 1. The summed E-state index contributed by atoms with van der Waals surface area (Å²) >= 11 is 0. The zero-order valence-electron chi connectivity index (χ0n) is 18.0. The summed E-state index contributed by atoms with van der Waals surface area (Å²) in [5.74, 6) is -4.58. The number of rotatable bonds is 13. The Labute approximate surface area is 189 Å². The molecule has 13 nitrogen and oxygen atoms in total. The standard InChI is InChI=1S/C20H29N5O8/c1-10(26)17(19(31)24-14(20(32)33)6-7-15(22)28)25-16(29)9-23-18(30)13(21)8-11-2-4-12(27)5-3-11/h2-5,10,13-14,17,26-27H,6-9,21H2,1H3,(H2,22,28)(H,23,30)(H,24,31)(H,25,29)(H,32,33). The third-order valence-electron chi connectivity index (χ3n) is 4.53. The summed E-state index contributed by atoms with van der Waals surface area (Å²) in [6.07, 6.45) is -1.81. The van der Waals surface area contributed by atoms with Crippen LogP contribution in [0.2, 0.25) is 0 Å². The molecule has 0 aliphatic rings. The van der Waals surface area contributed by atoms with Gasteiger partial charge in [0, 0.05) is 6.42 Å². The van der Waals surface area contributed by atoms with Gasteiger partial charge in [-0.1, -0.05) is 12.1 Å². The zero-order chi connectivity index (χ0) is 25.1. The molecule has 4 unspecified atom stereocenters. The molecule has 0 bridgehead atoms. The molecular weight excluding hydrogens is 438 g/mol. The van der Waals surface area contributed by atoms with Gasteiger partial charge in [-0.15, -0.1) is 0 Å². The van der Waals surface area contributed by atoms with Crippen molar-refractivity contribution in [3.8, 4) is 5.75 Å². The second-order valence-electron chi connectivity index (χ2n) is 7.39. The maximum absolute atomic E-state index is 12.4. The van der Waals surface area contributed by atoms with E-state index < -0.39 is 60.4 Å². The van der Waals surface area contributed by atoms with Crippen LogP contribution in [0.1, 0.15) is 25.3 Å². The fraction of sp³-hybridized carbons (Fsp3) is 0.450. The maximum atomic E-state index is 12.4. The van der Waals surface area contributed by atoms with Gasteiger partial charge in [-0.2, -0.15) is 0 Å². The lowest BCUT2D eigenvalue weighted by molar-refractivity contribution is -0.143. The van der Waals surface area contributed by atoms with E-state index in [0.29, 0.717) is 5.56 Å². The number of phenols is 1. The van der Waals surface area contributed by atoms with Gasteiger partial charge in [0.2, 0.25) is 23.6 Å². The molecule has 0 aliphatic heterocycles. The average molecular weight is 467 g/mol. The van der Waals surface area contributed by atoms with Gasteiger partial charge in [0.25, 0.3) is 0 Å². The largest absolute Gasteiger partial charge is 0.508 e. The highest BCUT2D eigenvalue weighted by Crippen LogP contribution is 2.10. The number of aliphatic carboxylic acids is 1. The molecule has 4 atom stereocenters. The minimum absolute atomic E-state index is 0.0627. The van der Waals surface area contributed by atoms with Crippen molar-refractivity contribution in [3.63, 3.8) is 0 Å². The van der Waals surface area contributed by atoms with E-state index >= 15 is 0 Å². The number of benzene rings is 1. The SMILES string of the molecule is CC(O)C(NC(=O)CNC(=O)C(N)Cc1ccc(O)cc1)C(=O)NC(CCC(N)=O)C(=O)O. The topological polar surface area (TPSA) is 234 Å². The molecule has 0 radical (unpaired) electrons. The first-order valence-corrected chi connectivity index (χ1v) is 10.0. The summed E-state index contributed by atoms with van der Waals surface area (Å²) < 4.78 is 0. The van der Waals surface area contributed by atoms with Crippen LogP contribution in [0.3, 0.4) is 0 Å². The lowest BCUT2D eigenvalue weighted by Gasteiger charge is -2.23. The van der Waals surface area contributed by atoms with Gasteiger partial charge in [-0.25, -0.2) is 4.79 Å². The molecule has 0 fully saturated rings. The number of aliphatic hydroxyl groups is 1. The third kappa shape index (κ3) is 9.97. The number of aromatic hydroxyl groups is 1. The van der Waals surface area contributed by atoms with E-state index in [9.17, 15) is 34.2 Å². The van der Waals surface area contributed by atoms with E-state index in [1.54, 1.807) is 12.1 Å².